The molecule has 2 aromatic rings. The van der Waals surface area contributed by atoms with Crippen LogP contribution in [0.4, 0.5) is 8.78 Å². The van der Waals surface area contributed by atoms with Gasteiger partial charge in [0.15, 0.2) is 0 Å². The van der Waals surface area contributed by atoms with E-state index in [0.29, 0.717) is 11.1 Å². The lowest BCUT2D eigenvalue weighted by Crippen LogP contribution is -2.49. The first-order chi connectivity index (χ1) is 19.6. The summed E-state index contributed by atoms with van der Waals surface area (Å²) in [6.45, 7) is 11.9. The molecule has 232 valence electrons. The highest BCUT2D eigenvalue weighted by Gasteiger charge is 2.24. The van der Waals surface area contributed by atoms with Crippen LogP contribution < -0.4 is 21.3 Å². The monoisotopic (exact) mass is 590 g/mol. The lowest BCUT2D eigenvalue weighted by atomic mass is 10.1. The van der Waals surface area contributed by atoms with Gasteiger partial charge in [-0.1, -0.05) is 83.5 Å². The first kappa shape index (κ1) is 37.9. The Labute approximate surface area is 247 Å². The van der Waals surface area contributed by atoms with Gasteiger partial charge in [-0.3, -0.25) is 24.0 Å². The number of ketones is 1. The quantitative estimate of drug-likeness (QED) is 0.292. The lowest BCUT2D eigenvalue weighted by Gasteiger charge is -2.14. The van der Waals surface area contributed by atoms with Crippen molar-refractivity contribution >= 4 is 29.4 Å². The molecule has 0 aliphatic carbocycles. The molecule has 9 nitrogen and oxygen atoms in total. The molecule has 1 unspecified atom stereocenters. The zero-order chi connectivity index (χ0) is 32.3. The Kier molecular flexibility index (Phi) is 17.9. The van der Waals surface area contributed by atoms with Crippen LogP contribution in [0.3, 0.4) is 0 Å². The SMILES string of the molecule is CC(C)C.CC(NC(=O)CNC(=O)c1ccccc1)C(=O)NCC(=O)C(=O)NCc1ccc(C(C)(F)F)cc1.CCC. The molecule has 42 heavy (non-hydrogen) atoms. The van der Waals surface area contributed by atoms with E-state index >= 15 is 0 Å². The predicted molar refractivity (Wildman–Crippen MR) is 159 cm³/mol. The lowest BCUT2D eigenvalue weighted by molar-refractivity contribution is -0.138. The summed E-state index contributed by atoms with van der Waals surface area (Å²) in [7, 11) is 0. The molecule has 2 aromatic carbocycles. The Balaban J connectivity index is 0.00000216. The molecule has 0 aliphatic rings. The van der Waals surface area contributed by atoms with E-state index in [1.165, 1.54) is 37.6 Å². The van der Waals surface area contributed by atoms with Crippen molar-refractivity contribution in [2.75, 3.05) is 13.1 Å². The van der Waals surface area contributed by atoms with Gasteiger partial charge in [0.05, 0.1) is 13.1 Å². The molecule has 0 bridgehead atoms. The van der Waals surface area contributed by atoms with Crippen LogP contribution >= 0.6 is 0 Å². The summed E-state index contributed by atoms with van der Waals surface area (Å²) in [5.74, 6) is -5.81. The number of carbonyl (C=O) groups is 5. The van der Waals surface area contributed by atoms with E-state index in [0.717, 1.165) is 12.8 Å². The molecule has 2 rings (SSSR count). The van der Waals surface area contributed by atoms with Crippen LogP contribution in [0.15, 0.2) is 54.6 Å². The first-order valence-electron chi connectivity index (χ1n) is 13.8. The van der Waals surface area contributed by atoms with Gasteiger partial charge in [-0.05, 0) is 30.5 Å². The van der Waals surface area contributed by atoms with E-state index in [1.54, 1.807) is 30.3 Å². The minimum absolute atomic E-state index is 0.0603. The van der Waals surface area contributed by atoms with Crippen molar-refractivity contribution in [1.29, 1.82) is 0 Å². The molecule has 4 amide bonds. The van der Waals surface area contributed by atoms with Crippen molar-refractivity contribution in [3.8, 4) is 0 Å². The number of benzene rings is 2. The van der Waals surface area contributed by atoms with Crippen molar-refractivity contribution in [3.63, 3.8) is 0 Å². The number of amides is 4. The highest BCUT2D eigenvalue weighted by Crippen LogP contribution is 2.26. The normalized spacial score (nSPS) is 11.0. The van der Waals surface area contributed by atoms with Crippen LogP contribution in [0.5, 0.6) is 0 Å². The fourth-order valence-corrected chi connectivity index (χ4v) is 2.81. The maximum absolute atomic E-state index is 13.2. The molecule has 11 heteroatoms. The standard InChI is InChI=1S/C24H26F2N4O5.C4H10.C3H8/c1-15(30-20(32)14-29-22(34)17-6-4-3-5-7-17)21(33)28-13-19(31)23(35)27-12-16-8-10-18(11-9-16)24(2,25)26;1-4(2)3;1-3-2/h3-11,15H,12-14H2,1-2H3,(H,27,35)(H,28,33)(H,29,34)(H,30,32);4H,1-3H3;3H2,1-2H3. The molecule has 4 N–H and O–H groups in total. The summed E-state index contributed by atoms with van der Waals surface area (Å²) in [5, 5.41) is 9.38. The number of carbonyl (C=O) groups excluding carboxylic acids is 5. The smallest absolute Gasteiger partial charge is 0.289 e. The summed E-state index contributed by atoms with van der Waals surface area (Å²) in [6, 6.07) is 12.5. The fraction of sp³-hybridized carbons (Fsp3) is 0.452. The molecule has 0 aromatic heterocycles. The molecule has 0 radical (unpaired) electrons. The number of nitrogens with one attached hydrogen (secondary N) is 4. The van der Waals surface area contributed by atoms with Gasteiger partial charge in [-0.25, -0.2) is 8.78 Å². The van der Waals surface area contributed by atoms with Gasteiger partial charge in [-0.15, -0.1) is 0 Å². The van der Waals surface area contributed by atoms with E-state index in [-0.39, 0.29) is 18.7 Å². The van der Waals surface area contributed by atoms with E-state index in [9.17, 15) is 32.8 Å². The van der Waals surface area contributed by atoms with Crippen molar-refractivity contribution < 1.29 is 32.8 Å². The second kappa shape index (κ2) is 19.8. The van der Waals surface area contributed by atoms with Crippen molar-refractivity contribution in [2.45, 2.75) is 73.4 Å². The zero-order valence-electron chi connectivity index (χ0n) is 25.5. The Hall–Kier alpha value is -4.15. The third-order valence-electron chi connectivity index (χ3n) is 4.81. The number of hydrogen-bond donors (Lipinski definition) is 4. The summed E-state index contributed by atoms with van der Waals surface area (Å²) in [4.78, 5) is 59.9. The number of rotatable bonds is 11. The van der Waals surface area contributed by atoms with Gasteiger partial charge in [-0.2, -0.15) is 0 Å². The summed E-state index contributed by atoms with van der Waals surface area (Å²) < 4.78 is 26.5. The van der Waals surface area contributed by atoms with E-state index in [1.807, 2.05) is 0 Å². The average Bonchev–Trinajstić information content (AvgIpc) is 2.93. The Morgan fingerprint density at radius 2 is 1.31 bits per heavy atom. The summed E-state index contributed by atoms with van der Waals surface area (Å²) in [6.07, 6.45) is 1.25. The van der Waals surface area contributed by atoms with Crippen LogP contribution in [0, 0.1) is 5.92 Å². The number of Topliss-reactive ketones (excluding diaryl/α,β-unsaturated/α-hetero) is 1. The second-order valence-corrected chi connectivity index (χ2v) is 10.2. The van der Waals surface area contributed by atoms with Gasteiger partial charge in [0.1, 0.15) is 6.04 Å². The minimum Gasteiger partial charge on any atom is -0.347 e. The molecule has 0 saturated heterocycles. The van der Waals surface area contributed by atoms with Gasteiger partial charge < -0.3 is 21.3 Å². The molecule has 0 heterocycles. The Morgan fingerprint density at radius 1 is 0.786 bits per heavy atom. The Morgan fingerprint density at radius 3 is 1.81 bits per heavy atom. The number of halogens is 2. The van der Waals surface area contributed by atoms with Gasteiger partial charge >= 0.3 is 0 Å². The third-order valence-corrected chi connectivity index (χ3v) is 4.81. The average molecular weight is 591 g/mol. The predicted octanol–water partition coefficient (Wildman–Crippen LogP) is 4.11. The molecule has 0 saturated carbocycles. The highest BCUT2D eigenvalue weighted by molar-refractivity contribution is 6.37. The van der Waals surface area contributed by atoms with Crippen LogP contribution in [0.1, 0.15) is 76.4 Å². The maximum atomic E-state index is 13.2. The van der Waals surface area contributed by atoms with Crippen molar-refractivity contribution in [2.24, 2.45) is 5.92 Å². The van der Waals surface area contributed by atoms with Gasteiger partial charge in [0.2, 0.25) is 17.6 Å². The third kappa shape index (κ3) is 16.8. The molecule has 0 fully saturated rings. The van der Waals surface area contributed by atoms with Gasteiger partial charge in [0, 0.05) is 24.6 Å². The fourth-order valence-electron chi connectivity index (χ4n) is 2.81. The molecular weight excluding hydrogens is 546 g/mol. The minimum atomic E-state index is -2.98. The van der Waals surface area contributed by atoms with E-state index in [2.05, 4.69) is 55.9 Å². The van der Waals surface area contributed by atoms with E-state index in [4.69, 9.17) is 0 Å². The number of hydrogen-bond acceptors (Lipinski definition) is 5. The van der Waals surface area contributed by atoms with Crippen LogP contribution in [0.25, 0.3) is 0 Å². The second-order valence-electron chi connectivity index (χ2n) is 10.2. The van der Waals surface area contributed by atoms with Crippen LogP contribution in [-0.4, -0.2) is 48.5 Å². The van der Waals surface area contributed by atoms with Crippen molar-refractivity contribution in [3.05, 3.63) is 71.3 Å². The Bertz CT molecular complexity index is 1130. The zero-order valence-corrected chi connectivity index (χ0v) is 25.5. The maximum Gasteiger partial charge on any atom is 0.289 e. The molecule has 0 spiro atoms. The number of alkyl halides is 2. The van der Waals surface area contributed by atoms with Gasteiger partial charge in [0.25, 0.3) is 17.7 Å². The first-order valence-corrected chi connectivity index (χ1v) is 13.8. The topological polar surface area (TPSA) is 133 Å². The largest absolute Gasteiger partial charge is 0.347 e. The van der Waals surface area contributed by atoms with E-state index < -0.39 is 47.9 Å². The van der Waals surface area contributed by atoms with Crippen molar-refractivity contribution in [1.82, 2.24) is 21.3 Å². The summed E-state index contributed by atoms with van der Waals surface area (Å²) >= 11 is 0. The molecule has 1 atom stereocenters. The van der Waals surface area contributed by atoms with Crippen LogP contribution in [0.2, 0.25) is 0 Å². The highest BCUT2D eigenvalue weighted by atomic mass is 19.3. The molecular formula is C31H44F2N4O5. The summed E-state index contributed by atoms with van der Waals surface area (Å²) in [5.41, 5.74) is 0.715. The molecule has 0 aliphatic heterocycles. The van der Waals surface area contributed by atoms with Crippen LogP contribution in [-0.2, 0) is 31.6 Å².